The highest BCUT2D eigenvalue weighted by Gasteiger charge is 2.40. The Labute approximate surface area is 164 Å². The number of ether oxygens (including phenoxy) is 1. The summed E-state index contributed by atoms with van der Waals surface area (Å²) in [7, 11) is 0. The van der Waals surface area contributed by atoms with E-state index in [9.17, 15) is 14.4 Å². The molecule has 0 radical (unpaired) electrons. The summed E-state index contributed by atoms with van der Waals surface area (Å²) in [5.41, 5.74) is 0.496. The molecule has 1 fully saturated rings. The number of benzene rings is 2. The average molecular weight is 380 g/mol. The van der Waals surface area contributed by atoms with Crippen molar-refractivity contribution in [3.63, 3.8) is 0 Å². The van der Waals surface area contributed by atoms with Crippen LogP contribution < -0.4 is 15.4 Å². The highest BCUT2D eigenvalue weighted by molar-refractivity contribution is 6.22. The molecule has 2 atom stereocenters. The van der Waals surface area contributed by atoms with Crippen LogP contribution in [0.25, 0.3) is 0 Å². The van der Waals surface area contributed by atoms with Crippen molar-refractivity contribution < 1.29 is 19.1 Å². The molecule has 0 spiro atoms. The van der Waals surface area contributed by atoms with Gasteiger partial charge in [0.15, 0.2) is 11.7 Å². The van der Waals surface area contributed by atoms with E-state index >= 15 is 0 Å². The first-order valence-corrected chi connectivity index (χ1v) is 9.39. The first-order chi connectivity index (χ1) is 13.4. The zero-order valence-corrected chi connectivity index (χ0v) is 16.0. The molecule has 0 saturated carbocycles. The van der Waals surface area contributed by atoms with Crippen LogP contribution in [0.2, 0.25) is 0 Å². The highest BCUT2D eigenvalue weighted by atomic mass is 16.5. The van der Waals surface area contributed by atoms with E-state index in [2.05, 4.69) is 10.6 Å². The maximum Gasteiger partial charge on any atom is 0.244 e. The summed E-state index contributed by atoms with van der Waals surface area (Å²) in [5, 5.41) is 5.43. The lowest BCUT2D eigenvalue weighted by molar-refractivity contribution is -0.143. The van der Waals surface area contributed by atoms with Gasteiger partial charge in [0.2, 0.25) is 11.8 Å². The molecular formula is C22H24N2O4. The van der Waals surface area contributed by atoms with Crippen LogP contribution in [0.3, 0.4) is 0 Å². The van der Waals surface area contributed by atoms with Crippen LogP contribution in [0.4, 0.5) is 5.69 Å². The summed E-state index contributed by atoms with van der Waals surface area (Å²) in [6, 6.07) is 15.9. The molecule has 6 nitrogen and oxygen atoms in total. The normalized spacial score (nSPS) is 19.2. The van der Waals surface area contributed by atoms with Gasteiger partial charge < -0.3 is 15.4 Å². The standard InChI is InChI=1S/C22H24N2O4/c1-14(2)12-16-13-19(25)20(22(27)24-16)21(26)23-15-8-10-18(11-9-15)28-17-6-4-3-5-7-17/h3-11,14,16,20H,12-13H2,1-2H3,(H,23,26)(H,24,27). The van der Waals surface area contributed by atoms with Crippen LogP contribution in [0.1, 0.15) is 26.7 Å². The number of anilines is 1. The van der Waals surface area contributed by atoms with E-state index in [1.54, 1.807) is 24.3 Å². The van der Waals surface area contributed by atoms with Crippen molar-refractivity contribution in [2.45, 2.75) is 32.7 Å². The lowest BCUT2D eigenvalue weighted by atomic mass is 9.88. The second-order valence-corrected chi connectivity index (χ2v) is 7.37. The van der Waals surface area contributed by atoms with Crippen LogP contribution in [0.15, 0.2) is 54.6 Å². The quantitative estimate of drug-likeness (QED) is 0.751. The minimum absolute atomic E-state index is 0.186. The second kappa shape index (κ2) is 8.69. The van der Waals surface area contributed by atoms with Crippen molar-refractivity contribution >= 4 is 23.3 Å². The fourth-order valence-corrected chi connectivity index (χ4v) is 3.26. The van der Waals surface area contributed by atoms with Gasteiger partial charge in [-0.25, -0.2) is 0 Å². The average Bonchev–Trinajstić information content (AvgIpc) is 2.63. The highest BCUT2D eigenvalue weighted by Crippen LogP contribution is 2.24. The number of hydrogen-bond donors (Lipinski definition) is 2. The molecule has 146 valence electrons. The van der Waals surface area contributed by atoms with E-state index in [1.807, 2.05) is 44.2 Å². The fourth-order valence-electron chi connectivity index (χ4n) is 3.26. The third-order valence-electron chi connectivity index (χ3n) is 4.50. The third kappa shape index (κ3) is 4.97. The van der Waals surface area contributed by atoms with Crippen molar-refractivity contribution in [2.75, 3.05) is 5.32 Å². The van der Waals surface area contributed by atoms with E-state index in [0.29, 0.717) is 29.5 Å². The molecule has 0 bridgehead atoms. The van der Waals surface area contributed by atoms with E-state index in [0.717, 1.165) is 0 Å². The van der Waals surface area contributed by atoms with Gasteiger partial charge in [0.05, 0.1) is 0 Å². The molecule has 3 rings (SSSR count). The molecule has 1 heterocycles. The fraction of sp³-hybridized carbons (Fsp3) is 0.318. The molecule has 28 heavy (non-hydrogen) atoms. The summed E-state index contributed by atoms with van der Waals surface area (Å²) < 4.78 is 5.70. The van der Waals surface area contributed by atoms with Gasteiger partial charge in [-0.3, -0.25) is 14.4 Å². The lowest BCUT2D eigenvalue weighted by Gasteiger charge is -2.28. The summed E-state index contributed by atoms with van der Waals surface area (Å²) in [5.74, 6) is -1.09. The Kier molecular flexibility index (Phi) is 6.09. The Hall–Kier alpha value is -3.15. The molecular weight excluding hydrogens is 356 g/mol. The van der Waals surface area contributed by atoms with E-state index in [4.69, 9.17) is 4.74 Å². The Morgan fingerprint density at radius 2 is 1.71 bits per heavy atom. The summed E-state index contributed by atoms with van der Waals surface area (Å²) in [6.45, 7) is 4.06. The van der Waals surface area contributed by atoms with E-state index < -0.39 is 17.7 Å². The predicted molar refractivity (Wildman–Crippen MR) is 106 cm³/mol. The smallest absolute Gasteiger partial charge is 0.244 e. The number of Topliss-reactive ketones (excluding diaryl/α,β-unsaturated/α-hetero) is 1. The van der Waals surface area contributed by atoms with Crippen LogP contribution in [-0.2, 0) is 14.4 Å². The third-order valence-corrected chi connectivity index (χ3v) is 4.50. The van der Waals surface area contributed by atoms with Crippen molar-refractivity contribution in [1.82, 2.24) is 5.32 Å². The molecule has 1 aliphatic rings. The molecule has 6 heteroatoms. The van der Waals surface area contributed by atoms with Crippen molar-refractivity contribution in [1.29, 1.82) is 0 Å². The topological polar surface area (TPSA) is 84.5 Å². The number of amides is 2. The molecule has 1 aliphatic heterocycles. The van der Waals surface area contributed by atoms with Gasteiger partial charge in [0.1, 0.15) is 11.5 Å². The molecule has 0 aliphatic carbocycles. The summed E-state index contributed by atoms with van der Waals surface area (Å²) in [4.78, 5) is 37.1. The summed E-state index contributed by atoms with van der Waals surface area (Å²) in [6.07, 6.45) is 0.903. The molecule has 2 unspecified atom stereocenters. The monoisotopic (exact) mass is 380 g/mol. The second-order valence-electron chi connectivity index (χ2n) is 7.37. The largest absolute Gasteiger partial charge is 0.457 e. The Balaban J connectivity index is 1.60. The SMILES string of the molecule is CC(C)CC1CC(=O)C(C(=O)Nc2ccc(Oc3ccccc3)cc2)C(=O)N1. The van der Waals surface area contributed by atoms with Crippen LogP contribution in [0, 0.1) is 11.8 Å². The molecule has 2 amide bonds. The zero-order valence-electron chi connectivity index (χ0n) is 16.0. The summed E-state index contributed by atoms with van der Waals surface area (Å²) >= 11 is 0. The number of nitrogens with one attached hydrogen (secondary N) is 2. The lowest BCUT2D eigenvalue weighted by Crippen LogP contribution is -2.53. The maximum atomic E-state index is 12.5. The van der Waals surface area contributed by atoms with Crippen LogP contribution in [0.5, 0.6) is 11.5 Å². The van der Waals surface area contributed by atoms with Crippen LogP contribution in [-0.4, -0.2) is 23.6 Å². The minimum Gasteiger partial charge on any atom is -0.457 e. The van der Waals surface area contributed by atoms with Crippen molar-refractivity contribution in [3.8, 4) is 11.5 Å². The molecule has 2 aromatic rings. The van der Waals surface area contributed by atoms with Crippen molar-refractivity contribution in [3.05, 3.63) is 54.6 Å². The molecule has 2 aromatic carbocycles. The number of ketones is 1. The first-order valence-electron chi connectivity index (χ1n) is 9.39. The van der Waals surface area contributed by atoms with Crippen molar-refractivity contribution in [2.24, 2.45) is 11.8 Å². The van der Waals surface area contributed by atoms with Gasteiger partial charge in [-0.05, 0) is 48.7 Å². The number of carbonyl (C=O) groups is 3. The molecule has 1 saturated heterocycles. The zero-order chi connectivity index (χ0) is 20.1. The number of hydrogen-bond acceptors (Lipinski definition) is 4. The van der Waals surface area contributed by atoms with Gasteiger partial charge in [-0.1, -0.05) is 32.0 Å². The van der Waals surface area contributed by atoms with Gasteiger partial charge in [0, 0.05) is 18.2 Å². The van der Waals surface area contributed by atoms with Gasteiger partial charge >= 0.3 is 0 Å². The predicted octanol–water partition coefficient (Wildman–Crippen LogP) is 3.54. The number of carbonyl (C=O) groups excluding carboxylic acids is 3. The Morgan fingerprint density at radius 1 is 1.07 bits per heavy atom. The minimum atomic E-state index is -1.30. The number of para-hydroxylation sites is 1. The number of rotatable bonds is 6. The van der Waals surface area contributed by atoms with Gasteiger partial charge in [-0.15, -0.1) is 0 Å². The first kappa shape index (κ1) is 19.6. The molecule has 0 aromatic heterocycles. The van der Waals surface area contributed by atoms with Gasteiger partial charge in [0.25, 0.3) is 0 Å². The number of piperidine rings is 1. The van der Waals surface area contributed by atoms with Crippen LogP contribution >= 0.6 is 0 Å². The maximum absolute atomic E-state index is 12.5. The molecule has 2 N–H and O–H groups in total. The Morgan fingerprint density at radius 3 is 2.32 bits per heavy atom. The van der Waals surface area contributed by atoms with E-state index in [1.165, 1.54) is 0 Å². The van der Waals surface area contributed by atoms with Gasteiger partial charge in [-0.2, -0.15) is 0 Å². The Bertz CT molecular complexity index is 829. The van der Waals surface area contributed by atoms with E-state index in [-0.39, 0.29) is 18.2 Å².